The lowest BCUT2D eigenvalue weighted by Gasteiger charge is -2.71. The van der Waals surface area contributed by atoms with Crippen molar-refractivity contribution in [2.45, 2.75) is 119 Å². The Morgan fingerprint density at radius 3 is 2.35 bits per heavy atom. The fourth-order valence-corrected chi connectivity index (χ4v) is 13.2. The minimum absolute atomic E-state index is 0.0203. The summed E-state index contributed by atoms with van der Waals surface area (Å²) in [6.45, 7) is 23.0. The van der Waals surface area contributed by atoms with Crippen molar-refractivity contribution in [3.8, 4) is 5.75 Å². The molecule has 1 aromatic rings. The molecule has 1 amide bonds. The van der Waals surface area contributed by atoms with Gasteiger partial charge in [-0.1, -0.05) is 72.2 Å². The number of ether oxygens (including phenoxy) is 1. The van der Waals surface area contributed by atoms with Crippen LogP contribution in [0.3, 0.4) is 0 Å². The third-order valence-corrected chi connectivity index (χ3v) is 16.9. The third-order valence-electron chi connectivity index (χ3n) is 16.9. The number of methoxy groups -OCH3 is 1. The van der Waals surface area contributed by atoms with Gasteiger partial charge < -0.3 is 20.1 Å². The van der Waals surface area contributed by atoms with Gasteiger partial charge in [-0.05, 0) is 121 Å². The standard InChI is InChI=1S/C43H67N3O3/c1-38(2)34-15-18-43(7)35(41(34,5)17-16-36(38)47)14-13-30-31-29-40(4,20-19-39(31,3)21-22-42(30,43)6)37(48)44-23-24-45-25-27-46(28-26-45)32-11-9-10-12-33(32)49-8/h9-13,31,34-36,47H,14-29H2,1-8H3,(H,44,48)/t31-,34?,35+,36-,39+,40?,41-,42+,43+/m0/s1. The van der Waals surface area contributed by atoms with Gasteiger partial charge in [-0.25, -0.2) is 0 Å². The first kappa shape index (κ1) is 35.4. The van der Waals surface area contributed by atoms with Crippen LogP contribution in [-0.2, 0) is 4.79 Å². The first-order valence-corrected chi connectivity index (χ1v) is 19.9. The molecule has 6 aliphatic rings. The number of nitrogens with one attached hydrogen (secondary N) is 1. The second-order valence-corrected chi connectivity index (χ2v) is 19.4. The highest BCUT2D eigenvalue weighted by molar-refractivity contribution is 5.82. The number of hydrogen-bond donors (Lipinski definition) is 2. The Hall–Kier alpha value is -2.05. The van der Waals surface area contributed by atoms with Crippen molar-refractivity contribution in [2.24, 2.45) is 50.2 Å². The van der Waals surface area contributed by atoms with E-state index in [2.05, 4.69) is 81.8 Å². The molecule has 0 aromatic heterocycles. The maximum Gasteiger partial charge on any atom is 0.226 e. The number of amides is 1. The van der Waals surface area contributed by atoms with Gasteiger partial charge in [0, 0.05) is 44.7 Å². The Morgan fingerprint density at radius 2 is 1.61 bits per heavy atom. The largest absolute Gasteiger partial charge is 0.495 e. The Balaban J connectivity index is 1.02. The van der Waals surface area contributed by atoms with Crippen LogP contribution in [0.5, 0.6) is 5.75 Å². The fraction of sp³-hybridized carbons (Fsp3) is 0.791. The first-order chi connectivity index (χ1) is 23.1. The Labute approximate surface area is 297 Å². The summed E-state index contributed by atoms with van der Waals surface area (Å²) in [6.07, 6.45) is 13.9. The van der Waals surface area contributed by atoms with Gasteiger partial charge in [0.05, 0.1) is 18.9 Å². The summed E-state index contributed by atoms with van der Waals surface area (Å²) in [5.74, 6) is 2.91. The highest BCUT2D eigenvalue weighted by Crippen LogP contribution is 2.75. The summed E-state index contributed by atoms with van der Waals surface area (Å²) in [5, 5.41) is 14.5. The average Bonchev–Trinajstić information content (AvgIpc) is 3.08. The zero-order valence-corrected chi connectivity index (χ0v) is 32.2. The van der Waals surface area contributed by atoms with Gasteiger partial charge in [-0.3, -0.25) is 9.69 Å². The lowest BCUT2D eigenvalue weighted by molar-refractivity contribution is -0.203. The van der Waals surface area contributed by atoms with E-state index in [9.17, 15) is 9.90 Å². The first-order valence-electron chi connectivity index (χ1n) is 19.9. The predicted octanol–water partition coefficient (Wildman–Crippen LogP) is 8.10. The molecule has 0 radical (unpaired) electrons. The molecule has 7 rings (SSSR count). The van der Waals surface area contributed by atoms with Crippen LogP contribution in [-0.4, -0.2) is 68.4 Å². The monoisotopic (exact) mass is 674 g/mol. The van der Waals surface area contributed by atoms with Gasteiger partial charge in [0.15, 0.2) is 0 Å². The quantitative estimate of drug-likeness (QED) is 0.299. The van der Waals surface area contributed by atoms with E-state index < -0.39 is 0 Å². The molecule has 1 aliphatic heterocycles. The molecule has 2 N–H and O–H groups in total. The molecule has 272 valence electrons. The average molecular weight is 674 g/mol. The molecule has 6 nitrogen and oxygen atoms in total. The van der Waals surface area contributed by atoms with Crippen LogP contribution >= 0.6 is 0 Å². The Bertz CT molecular complexity index is 1450. The predicted molar refractivity (Wildman–Crippen MR) is 200 cm³/mol. The second kappa shape index (κ2) is 12.3. The van der Waals surface area contributed by atoms with Crippen molar-refractivity contribution < 1.29 is 14.6 Å². The number of carbonyl (C=O) groups excluding carboxylic acids is 1. The van der Waals surface area contributed by atoms with E-state index in [1.54, 1.807) is 12.7 Å². The highest BCUT2D eigenvalue weighted by Gasteiger charge is 2.68. The van der Waals surface area contributed by atoms with E-state index in [1.165, 1.54) is 37.8 Å². The van der Waals surface area contributed by atoms with Gasteiger partial charge >= 0.3 is 0 Å². The molecule has 1 aromatic carbocycles. The van der Waals surface area contributed by atoms with Gasteiger partial charge in [0.25, 0.3) is 0 Å². The second-order valence-electron chi connectivity index (χ2n) is 19.4. The summed E-state index contributed by atoms with van der Waals surface area (Å²) < 4.78 is 5.61. The van der Waals surface area contributed by atoms with E-state index >= 15 is 0 Å². The van der Waals surface area contributed by atoms with Gasteiger partial charge in [0.2, 0.25) is 5.91 Å². The summed E-state index contributed by atoms with van der Waals surface area (Å²) in [4.78, 5) is 19.0. The third kappa shape index (κ3) is 5.42. The van der Waals surface area contributed by atoms with Crippen molar-refractivity contribution in [2.75, 3.05) is 51.3 Å². The van der Waals surface area contributed by atoms with Crippen LogP contribution in [0.2, 0.25) is 0 Å². The molecule has 0 spiro atoms. The normalized spacial score (nSPS) is 43.3. The van der Waals surface area contributed by atoms with E-state index in [0.717, 1.165) is 77.1 Å². The molecular weight excluding hydrogens is 606 g/mol. The molecule has 9 atom stereocenters. The van der Waals surface area contributed by atoms with Crippen molar-refractivity contribution in [3.63, 3.8) is 0 Å². The Morgan fingerprint density at radius 1 is 0.898 bits per heavy atom. The van der Waals surface area contributed by atoms with Crippen LogP contribution in [0.15, 0.2) is 35.9 Å². The SMILES string of the molecule is COc1ccccc1N1CCN(CCNC(=O)C2(C)CC[C@]3(C)CC[C@]4(C)C(=CC[C@@H]5[C@@]6(C)CC[C@H](O)C(C)(C)C6CC[C@]54C)[C@@H]3C2)CC1. The summed E-state index contributed by atoms with van der Waals surface area (Å²) in [7, 11) is 1.75. The van der Waals surface area contributed by atoms with E-state index in [-0.39, 0.29) is 44.5 Å². The number of rotatable bonds is 6. The topological polar surface area (TPSA) is 65.0 Å². The number of nitrogens with zero attached hydrogens (tertiary/aromatic N) is 2. The maximum atomic E-state index is 14.1. The van der Waals surface area contributed by atoms with Crippen LogP contribution in [0, 0.1) is 50.2 Å². The van der Waals surface area contributed by atoms with E-state index in [1.807, 2.05) is 12.1 Å². The minimum Gasteiger partial charge on any atom is -0.495 e. The van der Waals surface area contributed by atoms with Crippen molar-refractivity contribution in [1.29, 1.82) is 0 Å². The smallest absolute Gasteiger partial charge is 0.226 e. The molecule has 5 fully saturated rings. The molecule has 5 aliphatic carbocycles. The number of aliphatic hydroxyl groups is 1. The lowest BCUT2D eigenvalue weighted by atomic mass is 9.33. The molecule has 1 saturated heterocycles. The zero-order chi connectivity index (χ0) is 35.0. The molecule has 0 bridgehead atoms. The van der Waals surface area contributed by atoms with Gasteiger partial charge in [-0.15, -0.1) is 0 Å². The van der Waals surface area contributed by atoms with Crippen LogP contribution in [0.25, 0.3) is 0 Å². The number of piperazine rings is 1. The Kier molecular flexibility index (Phi) is 8.86. The molecule has 49 heavy (non-hydrogen) atoms. The molecular formula is C43H67N3O3. The van der Waals surface area contributed by atoms with Gasteiger partial charge in [-0.2, -0.15) is 0 Å². The van der Waals surface area contributed by atoms with Gasteiger partial charge in [0.1, 0.15) is 5.75 Å². The summed E-state index contributed by atoms with van der Waals surface area (Å²) >= 11 is 0. The maximum absolute atomic E-state index is 14.1. The van der Waals surface area contributed by atoms with Crippen molar-refractivity contribution in [3.05, 3.63) is 35.9 Å². The summed E-state index contributed by atoms with van der Waals surface area (Å²) in [5.41, 5.74) is 3.53. The summed E-state index contributed by atoms with van der Waals surface area (Å²) in [6, 6.07) is 8.30. The number of para-hydroxylation sites is 2. The van der Waals surface area contributed by atoms with E-state index in [4.69, 9.17) is 4.74 Å². The lowest BCUT2D eigenvalue weighted by Crippen LogP contribution is -2.64. The molecule has 4 saturated carbocycles. The number of benzene rings is 1. The molecule has 6 heteroatoms. The highest BCUT2D eigenvalue weighted by atomic mass is 16.5. The number of carbonyl (C=O) groups is 1. The number of aliphatic hydroxyl groups excluding tert-OH is 1. The number of anilines is 1. The molecule has 2 unspecified atom stereocenters. The van der Waals surface area contributed by atoms with Crippen LogP contribution in [0.1, 0.15) is 113 Å². The minimum atomic E-state index is -0.323. The number of fused-ring (bicyclic) bond motifs is 7. The number of hydrogen-bond acceptors (Lipinski definition) is 5. The number of allylic oxidation sites excluding steroid dienone is 2. The van der Waals surface area contributed by atoms with Crippen LogP contribution < -0.4 is 15.0 Å². The van der Waals surface area contributed by atoms with E-state index in [0.29, 0.717) is 17.8 Å². The van der Waals surface area contributed by atoms with Crippen molar-refractivity contribution >= 4 is 11.6 Å². The zero-order valence-electron chi connectivity index (χ0n) is 32.2. The molecule has 1 heterocycles. The fourth-order valence-electron chi connectivity index (χ4n) is 13.2. The van der Waals surface area contributed by atoms with Crippen molar-refractivity contribution in [1.82, 2.24) is 10.2 Å². The van der Waals surface area contributed by atoms with Crippen LogP contribution in [0.4, 0.5) is 5.69 Å².